The number of likely N-dealkylation sites (tertiary alicyclic amines) is 1. The van der Waals surface area contributed by atoms with Crippen LogP contribution in [-0.2, 0) is 17.7 Å². The van der Waals surface area contributed by atoms with E-state index in [1.54, 1.807) is 0 Å². The second kappa shape index (κ2) is 9.91. The molecule has 6 nitrogen and oxygen atoms in total. The first-order chi connectivity index (χ1) is 15.7. The van der Waals surface area contributed by atoms with E-state index in [1.165, 1.54) is 36.3 Å². The molecule has 2 fully saturated rings. The van der Waals surface area contributed by atoms with Crippen molar-refractivity contribution in [1.29, 1.82) is 0 Å². The second-order valence-electron chi connectivity index (χ2n) is 9.34. The van der Waals surface area contributed by atoms with Crippen molar-refractivity contribution in [1.82, 2.24) is 9.62 Å². The lowest BCUT2D eigenvalue weighted by molar-refractivity contribution is 0.0502. The number of rotatable bonds is 9. The first kappa shape index (κ1) is 21.9. The first-order valence-electron chi connectivity index (χ1n) is 11.8. The quantitative estimate of drug-likeness (QED) is 0.448. The molecule has 0 aromatic heterocycles. The van der Waals surface area contributed by atoms with E-state index in [1.807, 2.05) is 0 Å². The summed E-state index contributed by atoms with van der Waals surface area (Å²) in [6.45, 7) is 5.85. The number of nitrogens with zero attached hydrogens (tertiary/aromatic N) is 2. The van der Waals surface area contributed by atoms with Gasteiger partial charge < -0.3 is 9.64 Å². The molecule has 32 heavy (non-hydrogen) atoms. The summed E-state index contributed by atoms with van der Waals surface area (Å²) in [5.41, 5.74) is 4.04. The van der Waals surface area contributed by atoms with Crippen molar-refractivity contribution in [3.63, 3.8) is 0 Å². The SMILES string of the molecule is O=S(O)NCCCC1CN(c2ccc3c(c2)C(Cc2ccccc2)C(N2CCC2)CO3)C1. The smallest absolute Gasteiger partial charge is 0.231 e. The number of hydrogen-bond donors (Lipinski definition) is 2. The van der Waals surface area contributed by atoms with Crippen molar-refractivity contribution in [2.24, 2.45) is 5.92 Å². The van der Waals surface area contributed by atoms with Gasteiger partial charge in [0.25, 0.3) is 0 Å². The molecule has 0 spiro atoms. The third kappa shape index (κ3) is 4.86. The van der Waals surface area contributed by atoms with Gasteiger partial charge in [-0.25, -0.2) is 8.93 Å². The summed E-state index contributed by atoms with van der Waals surface area (Å²) in [5, 5.41) is 0. The normalized spacial score (nSPS) is 24.2. The van der Waals surface area contributed by atoms with Crippen LogP contribution in [0.3, 0.4) is 0 Å². The van der Waals surface area contributed by atoms with Crippen LogP contribution in [0.25, 0.3) is 0 Å². The molecule has 3 aliphatic rings. The van der Waals surface area contributed by atoms with Crippen molar-refractivity contribution in [2.45, 2.75) is 37.6 Å². The highest BCUT2D eigenvalue weighted by Crippen LogP contribution is 2.42. The van der Waals surface area contributed by atoms with Gasteiger partial charge in [0, 0.05) is 36.8 Å². The highest BCUT2D eigenvalue weighted by molar-refractivity contribution is 7.77. The maximum absolute atomic E-state index is 10.7. The summed E-state index contributed by atoms with van der Waals surface area (Å²) in [7, 11) is 0. The highest BCUT2D eigenvalue weighted by atomic mass is 32.2. The Hall–Kier alpha value is -1.93. The van der Waals surface area contributed by atoms with Crippen molar-refractivity contribution in [3.8, 4) is 5.75 Å². The van der Waals surface area contributed by atoms with Crippen LogP contribution >= 0.6 is 0 Å². The monoisotopic (exact) mass is 455 g/mol. The zero-order chi connectivity index (χ0) is 21.9. The Morgan fingerprint density at radius 3 is 2.66 bits per heavy atom. The van der Waals surface area contributed by atoms with Gasteiger partial charge in [-0.15, -0.1) is 0 Å². The minimum atomic E-state index is -1.90. The van der Waals surface area contributed by atoms with E-state index in [0.29, 0.717) is 24.4 Å². The molecule has 0 aliphatic carbocycles. The minimum absolute atomic E-state index is 0.445. The minimum Gasteiger partial charge on any atom is -0.492 e. The molecule has 0 saturated carbocycles. The largest absolute Gasteiger partial charge is 0.492 e. The summed E-state index contributed by atoms with van der Waals surface area (Å²) < 4.78 is 28.3. The van der Waals surface area contributed by atoms with Crippen LogP contribution in [0, 0.1) is 5.92 Å². The van der Waals surface area contributed by atoms with Crippen LogP contribution in [0.5, 0.6) is 5.75 Å². The second-order valence-corrected chi connectivity index (χ2v) is 10.1. The van der Waals surface area contributed by atoms with Gasteiger partial charge in [0.2, 0.25) is 11.3 Å². The van der Waals surface area contributed by atoms with E-state index in [0.717, 1.165) is 44.7 Å². The molecule has 5 rings (SSSR count). The molecule has 3 atom stereocenters. The Morgan fingerprint density at radius 2 is 1.94 bits per heavy atom. The van der Waals surface area contributed by atoms with Crippen LogP contribution in [0.1, 0.15) is 36.3 Å². The van der Waals surface area contributed by atoms with Gasteiger partial charge >= 0.3 is 0 Å². The van der Waals surface area contributed by atoms with Crippen molar-refractivity contribution in [3.05, 3.63) is 59.7 Å². The Morgan fingerprint density at radius 1 is 1.12 bits per heavy atom. The summed E-state index contributed by atoms with van der Waals surface area (Å²) >= 11 is -1.90. The van der Waals surface area contributed by atoms with Crippen molar-refractivity contribution < 1.29 is 13.5 Å². The molecule has 0 bridgehead atoms. The lowest BCUT2D eigenvalue weighted by atomic mass is 9.81. The zero-order valence-electron chi connectivity index (χ0n) is 18.5. The first-order valence-corrected chi connectivity index (χ1v) is 12.9. The van der Waals surface area contributed by atoms with Gasteiger partial charge in [0.05, 0.1) is 6.04 Å². The number of fused-ring (bicyclic) bond motifs is 1. The number of nitrogens with one attached hydrogen (secondary N) is 1. The average Bonchev–Trinajstić information content (AvgIpc) is 2.73. The number of hydrogen-bond acceptors (Lipinski definition) is 4. The van der Waals surface area contributed by atoms with E-state index < -0.39 is 11.3 Å². The molecule has 3 unspecified atom stereocenters. The fourth-order valence-electron chi connectivity index (χ4n) is 5.31. The van der Waals surface area contributed by atoms with Gasteiger partial charge in [-0.05, 0) is 68.5 Å². The number of benzene rings is 2. The van der Waals surface area contributed by atoms with Crippen LogP contribution in [0.15, 0.2) is 48.5 Å². The van der Waals surface area contributed by atoms with Crippen molar-refractivity contribution in [2.75, 3.05) is 44.2 Å². The van der Waals surface area contributed by atoms with E-state index >= 15 is 0 Å². The maximum Gasteiger partial charge on any atom is 0.231 e. The standard InChI is InChI=1S/C25H33N3O3S/c29-32(30)26-11-4-8-20-16-28(17-20)21-9-10-25-23(15-21)22(14-19-6-2-1-3-7-19)24(18-31-25)27-12-5-13-27/h1-3,6-7,9-10,15,20,22,24,26H,4-5,8,11-14,16-18H2,(H,29,30). The van der Waals surface area contributed by atoms with E-state index in [2.05, 4.69) is 63.1 Å². The molecular formula is C25H33N3O3S. The molecular weight excluding hydrogens is 422 g/mol. The third-order valence-corrected chi connectivity index (χ3v) is 7.71. The highest BCUT2D eigenvalue weighted by Gasteiger charge is 2.38. The molecule has 7 heteroatoms. The average molecular weight is 456 g/mol. The molecule has 3 heterocycles. The third-order valence-electron chi connectivity index (χ3n) is 7.26. The van der Waals surface area contributed by atoms with Gasteiger partial charge in [0.1, 0.15) is 12.4 Å². The Labute approximate surface area is 193 Å². The summed E-state index contributed by atoms with van der Waals surface area (Å²) in [4.78, 5) is 5.05. The Balaban J connectivity index is 1.28. The van der Waals surface area contributed by atoms with Gasteiger partial charge in [-0.2, -0.15) is 0 Å². The lowest BCUT2D eigenvalue weighted by Crippen LogP contribution is -2.52. The fraction of sp³-hybridized carbons (Fsp3) is 0.520. The fourth-order valence-corrected chi connectivity index (χ4v) is 5.63. The summed E-state index contributed by atoms with van der Waals surface area (Å²) in [6, 6.07) is 18.0. The lowest BCUT2D eigenvalue weighted by Gasteiger charge is -2.46. The molecule has 172 valence electrons. The van der Waals surface area contributed by atoms with Crippen LogP contribution in [-0.4, -0.2) is 59.0 Å². The molecule has 0 amide bonds. The molecule has 0 radical (unpaired) electrons. The molecule has 2 N–H and O–H groups in total. The van der Waals surface area contributed by atoms with Crippen LogP contribution in [0.2, 0.25) is 0 Å². The van der Waals surface area contributed by atoms with E-state index in [-0.39, 0.29) is 0 Å². The maximum atomic E-state index is 10.7. The van der Waals surface area contributed by atoms with E-state index in [4.69, 9.17) is 9.29 Å². The predicted molar refractivity (Wildman–Crippen MR) is 129 cm³/mol. The Kier molecular flexibility index (Phi) is 6.78. The molecule has 3 aliphatic heterocycles. The molecule has 2 saturated heterocycles. The topological polar surface area (TPSA) is 65.0 Å². The summed E-state index contributed by atoms with van der Waals surface area (Å²) in [5.74, 6) is 2.15. The van der Waals surface area contributed by atoms with Crippen LogP contribution < -0.4 is 14.4 Å². The predicted octanol–water partition coefficient (Wildman–Crippen LogP) is 3.42. The van der Waals surface area contributed by atoms with Gasteiger partial charge in [-0.3, -0.25) is 9.45 Å². The number of anilines is 1. The van der Waals surface area contributed by atoms with Crippen LogP contribution in [0.4, 0.5) is 5.69 Å². The zero-order valence-corrected chi connectivity index (χ0v) is 19.3. The Bertz CT molecular complexity index is 931. The van der Waals surface area contributed by atoms with Gasteiger partial charge in [0.15, 0.2) is 0 Å². The van der Waals surface area contributed by atoms with Gasteiger partial charge in [-0.1, -0.05) is 30.3 Å². The molecule has 2 aromatic rings. The molecule has 2 aromatic carbocycles. The van der Waals surface area contributed by atoms with Crippen molar-refractivity contribution >= 4 is 17.0 Å². The van der Waals surface area contributed by atoms with E-state index in [9.17, 15) is 4.21 Å². The summed E-state index contributed by atoms with van der Waals surface area (Å²) in [6.07, 6.45) is 4.35. The number of ether oxygens (including phenoxy) is 1.